The second-order valence-electron chi connectivity index (χ2n) is 8.32. The zero-order valence-corrected chi connectivity index (χ0v) is 20.5. The molecule has 0 aromatic heterocycles. The Morgan fingerprint density at radius 2 is 1.71 bits per heavy atom. The molecule has 2 amide bonds. The van der Waals surface area contributed by atoms with Gasteiger partial charge in [0.15, 0.2) is 0 Å². The number of nitrogens with one attached hydrogen (secondary N) is 1. The van der Waals surface area contributed by atoms with Crippen molar-refractivity contribution in [3.8, 4) is 11.5 Å². The van der Waals surface area contributed by atoms with Gasteiger partial charge in [-0.05, 0) is 47.4 Å². The third-order valence-corrected chi connectivity index (χ3v) is 6.94. The van der Waals surface area contributed by atoms with Gasteiger partial charge in [0.2, 0.25) is 5.91 Å². The molecule has 0 bridgehead atoms. The van der Waals surface area contributed by atoms with Crippen molar-refractivity contribution in [2.45, 2.75) is 25.1 Å². The highest BCUT2D eigenvalue weighted by molar-refractivity contribution is 8.00. The second-order valence-corrected chi connectivity index (χ2v) is 9.39. The lowest BCUT2D eigenvalue weighted by molar-refractivity contribution is -0.115. The van der Waals surface area contributed by atoms with E-state index >= 15 is 0 Å². The monoisotopic (exact) mass is 476 g/mol. The first-order valence-electron chi connectivity index (χ1n) is 11.1. The largest absolute Gasteiger partial charge is 0.497 e. The van der Waals surface area contributed by atoms with Gasteiger partial charge in [-0.3, -0.25) is 14.5 Å². The van der Waals surface area contributed by atoms with E-state index in [-0.39, 0.29) is 17.2 Å². The smallest absolute Gasteiger partial charge is 0.255 e. The predicted octanol–water partition coefficient (Wildman–Crippen LogP) is 5.86. The summed E-state index contributed by atoms with van der Waals surface area (Å²) in [5.41, 5.74) is 4.12. The van der Waals surface area contributed by atoms with Crippen LogP contribution in [0.2, 0.25) is 0 Å². The number of methoxy groups -OCH3 is 2. The minimum atomic E-state index is -0.272. The van der Waals surface area contributed by atoms with Gasteiger partial charge in [-0.2, -0.15) is 0 Å². The number of nitrogens with zero attached hydrogens (tertiary/aromatic N) is 1. The molecule has 0 aliphatic carbocycles. The van der Waals surface area contributed by atoms with Crippen molar-refractivity contribution in [1.29, 1.82) is 0 Å². The first-order chi connectivity index (χ1) is 16.4. The van der Waals surface area contributed by atoms with Crippen LogP contribution in [0.5, 0.6) is 11.5 Å². The number of para-hydroxylation sites is 1. The summed E-state index contributed by atoms with van der Waals surface area (Å²) in [5, 5.41) is 2.79. The SMILES string of the molecule is COc1cc(OC)cc(C(=O)Nc2cccc(C3SCC(=O)N3c3ccccc3C(C)C)c2)c1. The summed E-state index contributed by atoms with van der Waals surface area (Å²) < 4.78 is 10.5. The van der Waals surface area contributed by atoms with Gasteiger partial charge in [-0.25, -0.2) is 0 Å². The third-order valence-electron chi connectivity index (χ3n) is 5.73. The lowest BCUT2D eigenvalue weighted by Gasteiger charge is -2.28. The lowest BCUT2D eigenvalue weighted by atomic mass is 10.00. The highest BCUT2D eigenvalue weighted by Crippen LogP contribution is 2.44. The Bertz CT molecular complexity index is 1190. The fourth-order valence-electron chi connectivity index (χ4n) is 4.04. The minimum Gasteiger partial charge on any atom is -0.497 e. The molecule has 1 heterocycles. The van der Waals surface area contributed by atoms with Crippen LogP contribution in [0.25, 0.3) is 0 Å². The zero-order chi connectivity index (χ0) is 24.2. The van der Waals surface area contributed by atoms with Crippen LogP contribution >= 0.6 is 11.8 Å². The Hall–Kier alpha value is -3.45. The number of anilines is 2. The van der Waals surface area contributed by atoms with Gasteiger partial charge in [-0.1, -0.05) is 44.2 Å². The van der Waals surface area contributed by atoms with Gasteiger partial charge in [-0.15, -0.1) is 11.8 Å². The van der Waals surface area contributed by atoms with E-state index in [9.17, 15) is 9.59 Å². The molecule has 0 saturated carbocycles. The summed E-state index contributed by atoms with van der Waals surface area (Å²) in [6.45, 7) is 4.26. The van der Waals surface area contributed by atoms with Crippen LogP contribution < -0.4 is 19.7 Å². The molecule has 1 aliphatic heterocycles. The molecular weight excluding hydrogens is 448 g/mol. The molecule has 3 aromatic carbocycles. The first-order valence-corrected chi connectivity index (χ1v) is 12.1. The van der Waals surface area contributed by atoms with Crippen molar-refractivity contribution in [3.63, 3.8) is 0 Å². The molecule has 7 heteroatoms. The van der Waals surface area contributed by atoms with Gasteiger partial charge in [0.25, 0.3) is 5.91 Å². The van der Waals surface area contributed by atoms with Crippen LogP contribution in [0.1, 0.15) is 46.6 Å². The molecule has 1 atom stereocenters. The summed E-state index contributed by atoms with van der Waals surface area (Å²) in [5.74, 6) is 1.60. The Morgan fingerprint density at radius 1 is 1.00 bits per heavy atom. The number of amides is 2. The minimum absolute atomic E-state index is 0.0843. The maximum absolute atomic E-state index is 12.9. The molecule has 4 rings (SSSR count). The fourth-order valence-corrected chi connectivity index (χ4v) is 5.20. The van der Waals surface area contributed by atoms with Gasteiger partial charge in [0, 0.05) is 23.0 Å². The summed E-state index contributed by atoms with van der Waals surface area (Å²) in [4.78, 5) is 27.7. The topological polar surface area (TPSA) is 67.9 Å². The molecular formula is C27H28N2O4S. The average Bonchev–Trinajstić information content (AvgIpc) is 3.24. The van der Waals surface area contributed by atoms with Crippen molar-refractivity contribution in [1.82, 2.24) is 0 Å². The standard InChI is InChI=1S/C27H28N2O4S/c1-17(2)23-10-5-6-11-24(23)29-25(30)16-34-27(29)18-8-7-9-20(12-18)28-26(31)19-13-21(32-3)15-22(14-19)33-4/h5-15,17,27H,16H2,1-4H3,(H,28,31). The summed E-state index contributed by atoms with van der Waals surface area (Å²) >= 11 is 1.59. The van der Waals surface area contributed by atoms with Gasteiger partial charge in [0.05, 0.1) is 20.0 Å². The number of benzene rings is 3. The number of hydrogen-bond donors (Lipinski definition) is 1. The quantitative estimate of drug-likeness (QED) is 0.463. The number of ether oxygens (including phenoxy) is 2. The molecule has 1 saturated heterocycles. The van der Waals surface area contributed by atoms with E-state index in [1.165, 1.54) is 0 Å². The second kappa shape index (κ2) is 10.2. The molecule has 6 nitrogen and oxygen atoms in total. The zero-order valence-electron chi connectivity index (χ0n) is 19.7. The van der Waals surface area contributed by atoms with E-state index in [0.717, 1.165) is 16.8 Å². The molecule has 1 unspecified atom stereocenters. The van der Waals surface area contributed by atoms with Gasteiger partial charge < -0.3 is 14.8 Å². The highest BCUT2D eigenvalue weighted by Gasteiger charge is 2.35. The number of thioether (sulfide) groups is 1. The molecule has 1 aliphatic rings. The van der Waals surface area contributed by atoms with E-state index in [1.807, 2.05) is 47.4 Å². The van der Waals surface area contributed by atoms with Crippen LogP contribution in [0.3, 0.4) is 0 Å². The Labute approximate surface area is 204 Å². The van der Waals surface area contributed by atoms with Crippen LogP contribution in [0.15, 0.2) is 66.7 Å². The van der Waals surface area contributed by atoms with E-state index in [1.54, 1.807) is 44.2 Å². The third kappa shape index (κ3) is 4.89. The number of rotatable bonds is 7. The van der Waals surface area contributed by atoms with E-state index in [2.05, 4.69) is 25.2 Å². The van der Waals surface area contributed by atoms with E-state index in [4.69, 9.17) is 9.47 Å². The maximum Gasteiger partial charge on any atom is 0.255 e. The summed E-state index contributed by atoms with van der Waals surface area (Å²) in [7, 11) is 3.09. The molecule has 0 radical (unpaired) electrons. The van der Waals surface area contributed by atoms with E-state index in [0.29, 0.717) is 34.4 Å². The summed E-state index contributed by atoms with van der Waals surface area (Å²) in [6, 6.07) is 20.8. The maximum atomic E-state index is 12.9. The first kappa shape index (κ1) is 23.7. The van der Waals surface area contributed by atoms with Crippen molar-refractivity contribution >= 4 is 35.0 Å². The summed E-state index contributed by atoms with van der Waals surface area (Å²) in [6.07, 6.45) is 0. The molecule has 1 N–H and O–H groups in total. The van der Waals surface area contributed by atoms with Crippen LogP contribution in [0, 0.1) is 0 Å². The van der Waals surface area contributed by atoms with Crippen LogP contribution in [0.4, 0.5) is 11.4 Å². The Morgan fingerprint density at radius 3 is 2.38 bits per heavy atom. The van der Waals surface area contributed by atoms with Crippen molar-refractivity contribution < 1.29 is 19.1 Å². The van der Waals surface area contributed by atoms with Gasteiger partial charge >= 0.3 is 0 Å². The van der Waals surface area contributed by atoms with Crippen molar-refractivity contribution in [3.05, 3.63) is 83.4 Å². The Balaban J connectivity index is 1.61. The Kier molecular flexibility index (Phi) is 7.12. The predicted molar refractivity (Wildman–Crippen MR) is 137 cm³/mol. The fraction of sp³-hybridized carbons (Fsp3) is 0.259. The molecule has 34 heavy (non-hydrogen) atoms. The van der Waals surface area contributed by atoms with Gasteiger partial charge in [0.1, 0.15) is 16.9 Å². The lowest BCUT2D eigenvalue weighted by Crippen LogP contribution is -2.29. The van der Waals surface area contributed by atoms with Crippen LogP contribution in [-0.2, 0) is 4.79 Å². The number of hydrogen-bond acceptors (Lipinski definition) is 5. The highest BCUT2D eigenvalue weighted by atomic mass is 32.2. The average molecular weight is 477 g/mol. The molecule has 0 spiro atoms. The number of carbonyl (C=O) groups is 2. The van der Waals surface area contributed by atoms with E-state index < -0.39 is 0 Å². The molecule has 176 valence electrons. The normalized spacial score (nSPS) is 15.5. The van der Waals surface area contributed by atoms with Crippen LogP contribution in [-0.4, -0.2) is 31.8 Å². The molecule has 1 fully saturated rings. The van der Waals surface area contributed by atoms with Crippen molar-refractivity contribution in [2.75, 3.05) is 30.2 Å². The molecule has 3 aromatic rings. The number of carbonyl (C=O) groups excluding carboxylic acids is 2. The van der Waals surface area contributed by atoms with Crippen molar-refractivity contribution in [2.24, 2.45) is 0 Å².